The van der Waals surface area contributed by atoms with Gasteiger partial charge < -0.3 is 19.5 Å². The van der Waals surface area contributed by atoms with Gasteiger partial charge in [-0.1, -0.05) is 18.2 Å². The van der Waals surface area contributed by atoms with Crippen molar-refractivity contribution >= 4 is 5.69 Å². The lowest BCUT2D eigenvalue weighted by molar-refractivity contribution is -0.274. The van der Waals surface area contributed by atoms with Gasteiger partial charge in [-0.25, -0.2) is 0 Å². The average Bonchev–Trinajstić information content (AvgIpc) is 3.48. The highest BCUT2D eigenvalue weighted by Crippen LogP contribution is 2.33. The van der Waals surface area contributed by atoms with Crippen molar-refractivity contribution in [1.82, 2.24) is 0 Å². The molecule has 1 unspecified atom stereocenters. The number of hydrogen-bond acceptors (Lipinski definition) is 4. The minimum absolute atomic E-state index is 0.0632. The number of rotatable bonds is 9. The fourth-order valence-corrected chi connectivity index (χ4v) is 2.98. The molecule has 0 heterocycles. The highest BCUT2D eigenvalue weighted by molar-refractivity contribution is 5.51. The van der Waals surface area contributed by atoms with Crippen LogP contribution < -0.4 is 14.4 Å². The van der Waals surface area contributed by atoms with Crippen LogP contribution in [0.25, 0.3) is 0 Å². The maximum Gasteiger partial charge on any atom is 0.573 e. The van der Waals surface area contributed by atoms with Gasteiger partial charge in [0.1, 0.15) is 18.1 Å². The molecule has 1 saturated carbocycles. The number of hydrogen-bond donors (Lipinski definition) is 1. The first-order valence-corrected chi connectivity index (χ1v) is 9.57. The van der Waals surface area contributed by atoms with E-state index in [0.717, 1.165) is 12.8 Å². The number of ether oxygens (including phenoxy) is 2. The van der Waals surface area contributed by atoms with Crippen molar-refractivity contribution in [2.75, 3.05) is 18.0 Å². The molecule has 0 spiro atoms. The van der Waals surface area contributed by atoms with E-state index in [9.17, 15) is 31.4 Å². The second kappa shape index (κ2) is 9.25. The van der Waals surface area contributed by atoms with Crippen LogP contribution in [-0.4, -0.2) is 36.8 Å². The number of halogens is 6. The highest BCUT2D eigenvalue weighted by Gasteiger charge is 2.40. The van der Waals surface area contributed by atoms with Gasteiger partial charge in [0, 0.05) is 18.3 Å². The lowest BCUT2D eigenvalue weighted by Gasteiger charge is -2.28. The van der Waals surface area contributed by atoms with Gasteiger partial charge in [-0.15, -0.1) is 13.2 Å². The zero-order chi connectivity index (χ0) is 22.6. The monoisotopic (exact) mass is 449 g/mol. The first-order valence-electron chi connectivity index (χ1n) is 9.57. The smallest absolute Gasteiger partial charge is 0.489 e. The molecule has 1 fully saturated rings. The van der Waals surface area contributed by atoms with Crippen molar-refractivity contribution < 1.29 is 40.9 Å². The number of alkyl halides is 6. The van der Waals surface area contributed by atoms with Gasteiger partial charge >= 0.3 is 12.5 Å². The summed E-state index contributed by atoms with van der Waals surface area (Å²) in [6, 6.07) is 11.7. The molecule has 31 heavy (non-hydrogen) atoms. The van der Waals surface area contributed by atoms with Crippen LogP contribution >= 0.6 is 0 Å². The normalized spacial score (nSPS) is 15.5. The van der Waals surface area contributed by atoms with Gasteiger partial charge in [0.05, 0.1) is 6.54 Å². The third-order valence-electron chi connectivity index (χ3n) is 4.67. The molecule has 0 aromatic heterocycles. The van der Waals surface area contributed by atoms with E-state index in [0.29, 0.717) is 23.5 Å². The predicted molar refractivity (Wildman–Crippen MR) is 101 cm³/mol. The van der Waals surface area contributed by atoms with Crippen LogP contribution in [0.1, 0.15) is 18.4 Å². The summed E-state index contributed by atoms with van der Waals surface area (Å²) in [7, 11) is 0. The largest absolute Gasteiger partial charge is 0.573 e. The maximum atomic E-state index is 12.8. The molecule has 10 heteroatoms. The van der Waals surface area contributed by atoms with Gasteiger partial charge in [0.2, 0.25) is 0 Å². The van der Waals surface area contributed by atoms with E-state index in [1.807, 2.05) is 0 Å². The van der Waals surface area contributed by atoms with Crippen LogP contribution in [0, 0.1) is 5.92 Å². The zero-order valence-corrected chi connectivity index (χ0v) is 16.3. The summed E-state index contributed by atoms with van der Waals surface area (Å²) >= 11 is 0. The number of benzene rings is 2. The first-order chi connectivity index (χ1) is 14.5. The predicted octanol–water partition coefficient (Wildman–Crippen LogP) is 5.30. The molecule has 1 aliphatic rings. The molecule has 1 atom stereocenters. The Bertz CT molecular complexity index is 867. The average molecular weight is 449 g/mol. The topological polar surface area (TPSA) is 41.9 Å². The van der Waals surface area contributed by atoms with Crippen molar-refractivity contribution in [3.63, 3.8) is 0 Å². The Hall–Kier alpha value is -2.62. The molecule has 2 aromatic carbocycles. The molecule has 3 rings (SSSR count). The van der Waals surface area contributed by atoms with Crippen LogP contribution in [0.5, 0.6) is 11.5 Å². The molecule has 4 nitrogen and oxygen atoms in total. The lowest BCUT2D eigenvalue weighted by Crippen LogP contribution is -2.42. The van der Waals surface area contributed by atoms with E-state index in [1.165, 1.54) is 23.1 Å². The fraction of sp³-hybridized carbons (Fsp3) is 0.429. The molecular weight excluding hydrogens is 428 g/mol. The Kier molecular flexibility index (Phi) is 6.88. The molecule has 0 bridgehead atoms. The van der Waals surface area contributed by atoms with E-state index in [4.69, 9.17) is 4.74 Å². The molecule has 1 N–H and O–H groups in total. The van der Waals surface area contributed by atoms with Crippen molar-refractivity contribution in [1.29, 1.82) is 0 Å². The van der Waals surface area contributed by atoms with Crippen LogP contribution in [0.3, 0.4) is 0 Å². The molecule has 170 valence electrons. The summed E-state index contributed by atoms with van der Waals surface area (Å²) in [6.45, 7) is -0.278. The summed E-state index contributed by atoms with van der Waals surface area (Å²) < 4.78 is 85.0. The fourth-order valence-electron chi connectivity index (χ4n) is 2.98. The first kappa shape index (κ1) is 23.1. The molecule has 0 radical (unpaired) electrons. The maximum absolute atomic E-state index is 12.8. The lowest BCUT2D eigenvalue weighted by atomic mass is 10.2. The zero-order valence-electron chi connectivity index (χ0n) is 16.3. The Morgan fingerprint density at radius 3 is 2.29 bits per heavy atom. The second-order valence-electron chi connectivity index (χ2n) is 7.39. The Morgan fingerprint density at radius 1 is 0.968 bits per heavy atom. The quantitative estimate of drug-likeness (QED) is 0.528. The SMILES string of the molecule is OC(CN(CC1CC1)c1cccc(OCc2cccc(OC(F)(F)F)c2)c1)C(F)(F)F. The Labute approximate surface area is 175 Å². The van der Waals surface area contributed by atoms with Gasteiger partial charge in [-0.3, -0.25) is 0 Å². The highest BCUT2D eigenvalue weighted by atomic mass is 19.4. The Morgan fingerprint density at radius 2 is 1.65 bits per heavy atom. The third kappa shape index (κ3) is 7.54. The summed E-state index contributed by atoms with van der Waals surface area (Å²) in [4.78, 5) is 1.47. The van der Waals surface area contributed by atoms with E-state index in [1.54, 1.807) is 30.3 Å². The third-order valence-corrected chi connectivity index (χ3v) is 4.67. The van der Waals surface area contributed by atoms with E-state index >= 15 is 0 Å². The van der Waals surface area contributed by atoms with Gasteiger partial charge in [-0.05, 0) is 48.6 Å². The van der Waals surface area contributed by atoms with Crippen molar-refractivity contribution in [2.24, 2.45) is 5.92 Å². The molecular formula is C21H21F6NO3. The summed E-state index contributed by atoms with van der Waals surface area (Å²) in [6.07, 6.45) is -10.2. The molecule has 2 aromatic rings. The van der Waals surface area contributed by atoms with Gasteiger partial charge in [0.25, 0.3) is 0 Å². The molecule has 0 saturated heterocycles. The summed E-state index contributed by atoms with van der Waals surface area (Å²) in [5.74, 6) is 0.238. The van der Waals surface area contributed by atoms with Crippen LogP contribution in [0.15, 0.2) is 48.5 Å². The molecule has 0 amide bonds. The number of aliphatic hydroxyl groups excluding tert-OH is 1. The number of aliphatic hydroxyl groups is 1. The van der Waals surface area contributed by atoms with Crippen molar-refractivity contribution in [3.05, 3.63) is 54.1 Å². The van der Waals surface area contributed by atoms with Crippen molar-refractivity contribution in [3.8, 4) is 11.5 Å². The number of nitrogens with zero attached hydrogens (tertiary/aromatic N) is 1. The minimum atomic E-state index is -4.81. The van der Waals surface area contributed by atoms with Gasteiger partial charge in [-0.2, -0.15) is 13.2 Å². The minimum Gasteiger partial charge on any atom is -0.489 e. The standard InChI is InChI=1S/C21H21F6NO3/c22-20(23,24)19(29)12-28(11-14-7-8-14)16-4-2-5-17(10-16)30-13-15-3-1-6-18(9-15)31-21(25,26)27/h1-6,9-10,14,19,29H,7-8,11-13H2. The van der Waals surface area contributed by atoms with E-state index in [2.05, 4.69) is 4.74 Å². The van der Waals surface area contributed by atoms with Crippen LogP contribution in [0.4, 0.5) is 32.0 Å². The van der Waals surface area contributed by atoms with Crippen LogP contribution in [0.2, 0.25) is 0 Å². The van der Waals surface area contributed by atoms with E-state index in [-0.39, 0.29) is 18.3 Å². The second-order valence-corrected chi connectivity index (χ2v) is 7.39. The van der Waals surface area contributed by atoms with E-state index < -0.39 is 25.2 Å². The summed E-state index contributed by atoms with van der Waals surface area (Å²) in [5, 5.41) is 9.49. The molecule has 0 aliphatic heterocycles. The Balaban J connectivity index is 1.67. The number of anilines is 1. The molecule has 1 aliphatic carbocycles. The van der Waals surface area contributed by atoms with Gasteiger partial charge in [0.15, 0.2) is 6.10 Å². The summed E-state index contributed by atoms with van der Waals surface area (Å²) in [5.41, 5.74) is 0.885. The van der Waals surface area contributed by atoms with Crippen molar-refractivity contribution in [2.45, 2.75) is 38.1 Å². The van der Waals surface area contributed by atoms with Crippen LogP contribution in [-0.2, 0) is 6.61 Å².